The van der Waals surface area contributed by atoms with E-state index in [0.717, 1.165) is 12.8 Å². The number of benzene rings is 1. The minimum absolute atomic E-state index is 0.0364. The van der Waals surface area contributed by atoms with Gasteiger partial charge in [0.15, 0.2) is 0 Å². The smallest absolute Gasteiger partial charge is 0.301 e. The fourth-order valence-electron chi connectivity index (χ4n) is 3.65. The zero-order chi connectivity index (χ0) is 22.5. The lowest BCUT2D eigenvalue weighted by atomic mass is 10.2. The van der Waals surface area contributed by atoms with Crippen molar-refractivity contribution in [3.63, 3.8) is 0 Å². The Labute approximate surface area is 185 Å². The van der Waals surface area contributed by atoms with Gasteiger partial charge in [-0.3, -0.25) is 4.72 Å². The first-order valence-electron chi connectivity index (χ1n) is 10.6. The lowest BCUT2D eigenvalue weighted by molar-refractivity contribution is 0.0730. The Bertz CT molecular complexity index is 938. The van der Waals surface area contributed by atoms with Crippen LogP contribution in [0.4, 0.5) is 11.4 Å². The highest BCUT2D eigenvalue weighted by Crippen LogP contribution is 2.29. The molecular weight excluding hydrogens is 444 g/mol. The van der Waals surface area contributed by atoms with Crippen LogP contribution in [0.2, 0.25) is 0 Å². The van der Waals surface area contributed by atoms with E-state index in [1.54, 1.807) is 19.9 Å². The van der Waals surface area contributed by atoms with Gasteiger partial charge in [0.2, 0.25) is 10.0 Å². The monoisotopic (exact) mass is 476 g/mol. The van der Waals surface area contributed by atoms with E-state index in [4.69, 9.17) is 9.47 Å². The van der Waals surface area contributed by atoms with Gasteiger partial charge in [0, 0.05) is 39.3 Å². The van der Waals surface area contributed by atoms with Gasteiger partial charge in [-0.25, -0.2) is 8.42 Å². The second kappa shape index (κ2) is 10.5. The van der Waals surface area contributed by atoms with E-state index < -0.39 is 20.2 Å². The molecule has 1 atom stereocenters. The van der Waals surface area contributed by atoms with Crippen LogP contribution in [0.1, 0.15) is 26.7 Å². The summed E-state index contributed by atoms with van der Waals surface area (Å²) in [5.74, 6) is 0. The summed E-state index contributed by atoms with van der Waals surface area (Å²) in [6.07, 6.45) is 1.96. The fraction of sp³-hybridized carbons (Fsp3) is 0.684. The van der Waals surface area contributed by atoms with Gasteiger partial charge >= 0.3 is 10.2 Å². The zero-order valence-corrected chi connectivity index (χ0v) is 19.7. The molecule has 2 heterocycles. The molecule has 10 nitrogen and oxygen atoms in total. The summed E-state index contributed by atoms with van der Waals surface area (Å²) in [4.78, 5) is 0.0364. The first kappa shape index (κ1) is 24.2. The normalized spacial score (nSPS) is 20.8. The third-order valence-electron chi connectivity index (χ3n) is 5.43. The van der Waals surface area contributed by atoms with Crippen LogP contribution in [0.25, 0.3) is 0 Å². The van der Waals surface area contributed by atoms with Gasteiger partial charge < -0.3 is 14.8 Å². The number of nitrogens with zero attached hydrogens (tertiary/aromatic N) is 2. The molecule has 0 saturated carbocycles. The van der Waals surface area contributed by atoms with E-state index in [1.807, 2.05) is 0 Å². The number of hydrogen-bond donors (Lipinski definition) is 2. The largest absolute Gasteiger partial charge is 0.381 e. The topological polar surface area (TPSA) is 117 Å². The first-order chi connectivity index (χ1) is 14.8. The number of hydrogen-bond acceptors (Lipinski definition) is 7. The molecule has 3 rings (SSSR count). The molecule has 0 spiro atoms. The van der Waals surface area contributed by atoms with Crippen molar-refractivity contribution in [2.45, 2.75) is 37.7 Å². The minimum Gasteiger partial charge on any atom is -0.381 e. The Kier molecular flexibility index (Phi) is 8.16. The second-order valence-electron chi connectivity index (χ2n) is 7.43. The predicted octanol–water partition coefficient (Wildman–Crippen LogP) is 1.30. The van der Waals surface area contributed by atoms with Gasteiger partial charge in [-0.1, -0.05) is 13.8 Å². The van der Waals surface area contributed by atoms with Gasteiger partial charge in [0.05, 0.1) is 35.6 Å². The maximum absolute atomic E-state index is 13.1. The maximum Gasteiger partial charge on any atom is 0.301 e. The quantitative estimate of drug-likeness (QED) is 0.523. The summed E-state index contributed by atoms with van der Waals surface area (Å²) >= 11 is 0. The number of rotatable bonds is 10. The molecule has 2 N–H and O–H groups in total. The van der Waals surface area contributed by atoms with Crippen LogP contribution in [0, 0.1) is 0 Å². The Balaban J connectivity index is 1.91. The fourth-order valence-corrected chi connectivity index (χ4v) is 6.35. The van der Waals surface area contributed by atoms with Crippen molar-refractivity contribution in [3.8, 4) is 0 Å². The van der Waals surface area contributed by atoms with Crippen molar-refractivity contribution in [2.75, 3.05) is 62.6 Å². The number of morpholine rings is 1. The molecule has 0 bridgehead atoms. The van der Waals surface area contributed by atoms with Crippen LogP contribution in [-0.2, 0) is 29.7 Å². The molecule has 2 fully saturated rings. The highest BCUT2D eigenvalue weighted by atomic mass is 32.2. The third kappa shape index (κ3) is 5.88. The van der Waals surface area contributed by atoms with Crippen LogP contribution in [-0.4, -0.2) is 84.1 Å². The molecule has 2 aliphatic rings. The van der Waals surface area contributed by atoms with Crippen molar-refractivity contribution in [1.29, 1.82) is 0 Å². The molecule has 0 aliphatic carbocycles. The van der Waals surface area contributed by atoms with E-state index in [2.05, 4.69) is 10.0 Å². The van der Waals surface area contributed by atoms with E-state index >= 15 is 0 Å². The highest BCUT2D eigenvalue weighted by molar-refractivity contribution is 7.90. The molecule has 1 unspecified atom stereocenters. The highest BCUT2D eigenvalue weighted by Gasteiger charge is 2.28. The Hall–Kier alpha value is -1.44. The molecule has 2 aliphatic heterocycles. The van der Waals surface area contributed by atoms with Gasteiger partial charge in [-0.2, -0.15) is 17.0 Å². The lowest BCUT2D eigenvalue weighted by Crippen LogP contribution is -2.40. The molecule has 176 valence electrons. The summed E-state index contributed by atoms with van der Waals surface area (Å²) < 4.78 is 67.9. The number of anilines is 2. The average Bonchev–Trinajstić information content (AvgIpc) is 3.27. The molecule has 12 heteroatoms. The summed E-state index contributed by atoms with van der Waals surface area (Å²) in [6, 6.07) is 4.48. The molecular formula is C19H32N4O6S2. The molecule has 2 saturated heterocycles. The number of ether oxygens (including phenoxy) is 2. The molecule has 0 amide bonds. The van der Waals surface area contributed by atoms with Crippen molar-refractivity contribution in [3.05, 3.63) is 18.2 Å². The molecule has 0 aromatic heterocycles. The molecule has 0 radical (unpaired) electrons. The lowest BCUT2D eigenvalue weighted by Gasteiger charge is -2.27. The molecule has 1 aromatic carbocycles. The van der Waals surface area contributed by atoms with Crippen molar-refractivity contribution >= 4 is 31.6 Å². The zero-order valence-electron chi connectivity index (χ0n) is 18.0. The van der Waals surface area contributed by atoms with Crippen molar-refractivity contribution < 1.29 is 26.3 Å². The standard InChI is InChI=1S/C19H32N4O6S2/c1-3-22(4-2)31(26,27)21-19-14-17(30(24,25)23-9-12-28-13-10-23)7-8-18(19)20-15-16-6-5-11-29-16/h7-8,14,16,20-21H,3-6,9-13,15H2,1-2H3. The third-order valence-corrected chi connectivity index (χ3v) is 9.00. The van der Waals surface area contributed by atoms with Gasteiger partial charge in [-0.05, 0) is 31.0 Å². The Morgan fingerprint density at radius 2 is 1.77 bits per heavy atom. The van der Waals surface area contributed by atoms with E-state index in [9.17, 15) is 16.8 Å². The maximum atomic E-state index is 13.1. The molecule has 31 heavy (non-hydrogen) atoms. The number of sulfonamides is 1. The Morgan fingerprint density at radius 1 is 1.06 bits per heavy atom. The minimum atomic E-state index is -3.84. The van der Waals surface area contributed by atoms with Gasteiger partial charge in [0.1, 0.15) is 0 Å². The van der Waals surface area contributed by atoms with Gasteiger partial charge in [-0.15, -0.1) is 0 Å². The van der Waals surface area contributed by atoms with E-state index in [1.165, 1.54) is 20.7 Å². The van der Waals surface area contributed by atoms with Crippen LogP contribution in [0.3, 0.4) is 0 Å². The number of nitrogens with one attached hydrogen (secondary N) is 2. The first-order valence-corrected chi connectivity index (χ1v) is 13.5. The predicted molar refractivity (Wildman–Crippen MR) is 119 cm³/mol. The van der Waals surface area contributed by atoms with Crippen LogP contribution in [0.5, 0.6) is 0 Å². The van der Waals surface area contributed by atoms with E-state index in [0.29, 0.717) is 45.1 Å². The summed E-state index contributed by atoms with van der Waals surface area (Å²) in [6.45, 7) is 6.52. The van der Waals surface area contributed by atoms with Crippen molar-refractivity contribution in [1.82, 2.24) is 8.61 Å². The summed E-state index contributed by atoms with van der Waals surface area (Å²) in [5.41, 5.74) is 0.700. The Morgan fingerprint density at radius 3 is 2.39 bits per heavy atom. The van der Waals surface area contributed by atoms with Crippen LogP contribution in [0.15, 0.2) is 23.1 Å². The SMILES string of the molecule is CCN(CC)S(=O)(=O)Nc1cc(S(=O)(=O)N2CCOCC2)ccc1NCC1CCCO1. The summed E-state index contributed by atoms with van der Waals surface area (Å²) in [5, 5.41) is 3.21. The average molecular weight is 477 g/mol. The second-order valence-corrected chi connectivity index (χ2v) is 11.0. The van der Waals surface area contributed by atoms with Crippen molar-refractivity contribution in [2.24, 2.45) is 0 Å². The van der Waals surface area contributed by atoms with Gasteiger partial charge in [0.25, 0.3) is 0 Å². The van der Waals surface area contributed by atoms with Crippen LogP contribution < -0.4 is 10.0 Å². The summed E-state index contributed by atoms with van der Waals surface area (Å²) in [7, 11) is -7.61. The van der Waals surface area contributed by atoms with Crippen LogP contribution >= 0.6 is 0 Å². The van der Waals surface area contributed by atoms with E-state index in [-0.39, 0.29) is 29.8 Å². The molecule has 1 aromatic rings.